The van der Waals surface area contributed by atoms with Gasteiger partial charge in [-0.2, -0.15) is 39.5 Å². The van der Waals surface area contributed by atoms with E-state index in [1.165, 1.54) is 18.0 Å². The van der Waals surface area contributed by atoms with Crippen molar-refractivity contribution in [3.63, 3.8) is 0 Å². The van der Waals surface area contributed by atoms with Gasteiger partial charge >= 0.3 is 24.1 Å². The van der Waals surface area contributed by atoms with Crippen LogP contribution in [-0.2, 0) is 16.7 Å². The fraction of sp³-hybridized carbons (Fsp3) is 0.383. The van der Waals surface area contributed by atoms with Gasteiger partial charge in [0.2, 0.25) is 0 Å². The van der Waals surface area contributed by atoms with E-state index in [9.17, 15) is 0 Å². The summed E-state index contributed by atoms with van der Waals surface area (Å²) in [6, 6.07) is 18.3. The number of hydrogen-bond donors (Lipinski definition) is 0. The third kappa shape index (κ3) is 7.38. The first-order valence-electron chi connectivity index (χ1n) is 19.9. The molecule has 3 aromatic carbocycles. The lowest BCUT2D eigenvalue weighted by molar-refractivity contribution is -0.471. The minimum absolute atomic E-state index is 0.171. The Morgan fingerprint density at radius 3 is 1.70 bits per heavy atom. The number of allylic oxidation sites excluding steroid dienone is 2. The summed E-state index contributed by atoms with van der Waals surface area (Å²) < 4.78 is 147. The number of para-hydroxylation sites is 1. The highest BCUT2D eigenvalue weighted by atomic mass is 19.4. The second kappa shape index (κ2) is 15.3. The number of ether oxygens (including phenoxy) is 1. The molecule has 3 aliphatic heterocycles. The Labute approximate surface area is 348 Å². The van der Waals surface area contributed by atoms with E-state index in [-0.39, 0.29) is 18.7 Å². The monoisotopic (exact) mass is 854 g/mol. The van der Waals surface area contributed by atoms with Crippen molar-refractivity contribution < 1.29 is 44.3 Å². The molecule has 14 heteroatoms. The topological polar surface area (TPSA) is 33.0 Å². The van der Waals surface area contributed by atoms with E-state index >= 15 is 39.5 Å². The largest absolute Gasteiger partial charge is 0.435 e. The predicted molar refractivity (Wildman–Crippen MR) is 221 cm³/mol. The summed E-state index contributed by atoms with van der Waals surface area (Å²) in [7, 11) is 0. The Kier molecular flexibility index (Phi) is 11.0. The summed E-state index contributed by atoms with van der Waals surface area (Å²) in [5.41, 5.74) is -7.36. The van der Waals surface area contributed by atoms with Crippen LogP contribution < -0.4 is 20.2 Å². The molecule has 0 spiro atoms. The smallest absolute Gasteiger partial charge is 0.347 e. The second-order valence-corrected chi connectivity index (χ2v) is 16.9. The molecule has 0 radical (unpaired) electrons. The van der Waals surface area contributed by atoms with Crippen LogP contribution in [0.2, 0.25) is 0 Å². The van der Waals surface area contributed by atoms with Crippen LogP contribution in [0.15, 0.2) is 102 Å². The molecule has 61 heavy (non-hydrogen) atoms. The summed E-state index contributed by atoms with van der Waals surface area (Å²) in [6.45, 7) is 11.6. The molecule has 0 fully saturated rings. The lowest BCUT2D eigenvalue weighted by atomic mass is 9.69. The van der Waals surface area contributed by atoms with E-state index in [4.69, 9.17) is 9.73 Å². The molecule has 7 rings (SSSR count). The Morgan fingerprint density at radius 2 is 1.18 bits per heavy atom. The summed E-state index contributed by atoms with van der Waals surface area (Å²) in [6.07, 6.45) is -11.9. The SMILES string of the molecule is CC(=Nc1c(C)cccc1C)C(CC(C)(C)c1ccccc1)(OC(C(F)(F)F)(C(F)(F)F)C(F)(F)F)C1CC(Cn2c(C)ccc2C)N2C=CC=c3ccc4c(c32)N1C=CC=4. The number of aliphatic imine (C=N–C) groups is 1. The molecule has 0 N–H and O–H groups in total. The molecule has 0 saturated heterocycles. The molecule has 3 unspecified atom stereocenters. The van der Waals surface area contributed by atoms with Crippen molar-refractivity contribution in [1.29, 1.82) is 0 Å². The van der Waals surface area contributed by atoms with E-state index in [1.54, 1.807) is 107 Å². The van der Waals surface area contributed by atoms with Gasteiger partial charge in [-0.05, 0) is 93.9 Å². The highest BCUT2D eigenvalue weighted by Gasteiger charge is 2.87. The van der Waals surface area contributed by atoms with Gasteiger partial charge in [0.25, 0.3) is 0 Å². The predicted octanol–water partition coefficient (Wildman–Crippen LogP) is 11.1. The van der Waals surface area contributed by atoms with Crippen molar-refractivity contribution in [3.8, 4) is 0 Å². The van der Waals surface area contributed by atoms with E-state index in [0.29, 0.717) is 38.5 Å². The van der Waals surface area contributed by atoms with E-state index < -0.39 is 59.4 Å². The van der Waals surface area contributed by atoms with Gasteiger partial charge in [-0.1, -0.05) is 86.7 Å². The average molecular weight is 855 g/mol. The maximum atomic E-state index is 15.5. The van der Waals surface area contributed by atoms with E-state index in [0.717, 1.165) is 11.4 Å². The number of hydrogen-bond acceptors (Lipinski definition) is 4. The van der Waals surface area contributed by atoms with Crippen molar-refractivity contribution in [3.05, 3.63) is 136 Å². The number of aromatic nitrogens is 1. The van der Waals surface area contributed by atoms with E-state index in [2.05, 4.69) is 0 Å². The summed E-state index contributed by atoms with van der Waals surface area (Å²) >= 11 is 0. The van der Waals surface area contributed by atoms with Gasteiger partial charge in [-0.3, -0.25) is 4.99 Å². The summed E-state index contributed by atoms with van der Waals surface area (Å²) in [4.78, 5) is 8.26. The first-order valence-corrected chi connectivity index (χ1v) is 19.9. The summed E-state index contributed by atoms with van der Waals surface area (Å²) in [5.74, 6) is 0. The Bertz CT molecular complexity index is 2450. The molecular weight excluding hydrogens is 808 g/mol. The molecule has 1 aromatic heterocycles. The van der Waals surface area contributed by atoms with Crippen LogP contribution >= 0.6 is 0 Å². The van der Waals surface area contributed by atoms with Crippen molar-refractivity contribution in [2.45, 2.75) is 115 Å². The number of alkyl halides is 9. The van der Waals surface area contributed by atoms with Crippen LogP contribution in [0, 0.1) is 27.7 Å². The molecule has 3 aliphatic rings. The number of benzene rings is 3. The Hall–Kier alpha value is -5.24. The van der Waals surface area contributed by atoms with E-state index in [1.807, 2.05) is 47.6 Å². The van der Waals surface area contributed by atoms with Crippen molar-refractivity contribution >= 4 is 34.9 Å². The molecule has 0 bridgehead atoms. The number of nitrogens with zero attached hydrogens (tertiary/aromatic N) is 4. The first-order chi connectivity index (χ1) is 28.4. The third-order valence-electron chi connectivity index (χ3n) is 12.5. The van der Waals surface area contributed by atoms with Gasteiger partial charge in [-0.15, -0.1) is 0 Å². The highest BCUT2D eigenvalue weighted by Crippen LogP contribution is 2.59. The average Bonchev–Trinajstić information content (AvgIpc) is 3.41. The molecule has 4 heterocycles. The maximum Gasteiger partial charge on any atom is 0.435 e. The molecule has 0 amide bonds. The molecule has 3 atom stereocenters. The zero-order valence-electron chi connectivity index (χ0n) is 34.8. The molecular formula is C47H47F9N4O. The minimum atomic E-state index is -7.04. The number of aryl methyl sites for hydroxylation is 4. The fourth-order valence-corrected chi connectivity index (χ4v) is 9.36. The zero-order valence-corrected chi connectivity index (χ0v) is 34.8. The number of rotatable bonds is 10. The van der Waals surface area contributed by atoms with Crippen LogP contribution in [0.1, 0.15) is 61.7 Å². The van der Waals surface area contributed by atoms with Crippen molar-refractivity contribution in [2.24, 2.45) is 4.99 Å². The van der Waals surface area contributed by atoms with Crippen LogP contribution in [0.25, 0.3) is 12.2 Å². The molecule has 324 valence electrons. The van der Waals surface area contributed by atoms with Gasteiger partial charge in [0.05, 0.1) is 29.1 Å². The van der Waals surface area contributed by atoms with Crippen LogP contribution in [0.5, 0.6) is 0 Å². The lowest BCUT2D eigenvalue weighted by Gasteiger charge is -2.53. The Morgan fingerprint density at radius 1 is 0.672 bits per heavy atom. The van der Waals surface area contributed by atoms with Crippen LogP contribution in [-0.4, -0.2) is 52.1 Å². The zero-order chi connectivity index (χ0) is 44.5. The quantitative estimate of drug-likeness (QED) is 0.118. The van der Waals surface area contributed by atoms with Gasteiger partial charge < -0.3 is 19.1 Å². The molecule has 0 saturated carbocycles. The van der Waals surface area contributed by atoms with Crippen LogP contribution in [0.3, 0.4) is 0 Å². The Balaban J connectivity index is 1.65. The standard InChI is InChI=1S/C47H47F9N4O/c1-29-14-11-15-30(2)39(29)57-33(5)43(28-42(6,7)36-18-9-8-10-19-36,61-44(45(48,49)50,46(51,52)53)47(54,55)56)38-26-37(27-60-31(3)20-21-32(60)4)58-24-12-16-34-22-23-35-17-13-25-59(38)41(35)40(34)58/h8-25,37-38H,26-28H2,1-7H3. The van der Waals surface area contributed by atoms with Gasteiger partial charge in [0, 0.05) is 46.5 Å². The summed E-state index contributed by atoms with van der Waals surface area (Å²) in [5, 5.41) is 1.26. The van der Waals surface area contributed by atoms with Gasteiger partial charge in [0.1, 0.15) is 5.60 Å². The highest BCUT2D eigenvalue weighted by molar-refractivity contribution is 5.96. The van der Waals surface area contributed by atoms with Crippen molar-refractivity contribution in [2.75, 3.05) is 9.80 Å². The molecule has 5 nitrogen and oxygen atoms in total. The lowest BCUT2D eigenvalue weighted by Crippen LogP contribution is -2.74. The normalized spacial score (nSPS) is 19.2. The third-order valence-corrected chi connectivity index (χ3v) is 12.5. The number of anilines is 2. The minimum Gasteiger partial charge on any atom is -0.347 e. The number of halogens is 9. The first kappa shape index (κ1) is 43.8. The molecule has 4 aromatic rings. The van der Waals surface area contributed by atoms with Crippen molar-refractivity contribution in [1.82, 2.24) is 4.57 Å². The molecule has 0 aliphatic carbocycles. The van der Waals surface area contributed by atoms with Gasteiger partial charge in [0.15, 0.2) is 0 Å². The second-order valence-electron chi connectivity index (χ2n) is 16.9. The fourth-order valence-electron chi connectivity index (χ4n) is 9.36. The van der Waals surface area contributed by atoms with Crippen LogP contribution in [0.4, 0.5) is 56.6 Å². The maximum absolute atomic E-state index is 15.5. The van der Waals surface area contributed by atoms with Gasteiger partial charge in [-0.25, -0.2) is 0 Å².